The first-order chi connectivity index (χ1) is 6.88. The van der Waals surface area contributed by atoms with Crippen molar-refractivity contribution in [2.24, 2.45) is 0 Å². The predicted molar refractivity (Wildman–Crippen MR) is 58.6 cm³/mol. The van der Waals surface area contributed by atoms with E-state index in [2.05, 4.69) is 5.32 Å². The van der Waals surface area contributed by atoms with Crippen LogP contribution in [-0.2, 0) is 0 Å². The van der Waals surface area contributed by atoms with Crippen LogP contribution in [0.15, 0.2) is 11.3 Å². The minimum Gasteiger partial charge on any atom is -0.388 e. The van der Waals surface area contributed by atoms with Crippen molar-refractivity contribution in [2.75, 3.05) is 6.54 Å². The third-order valence-electron chi connectivity index (χ3n) is 2.73. The minimum atomic E-state index is 0.625. The largest absolute Gasteiger partial charge is 0.388 e. The molecule has 1 heterocycles. The average molecular weight is 192 g/mol. The van der Waals surface area contributed by atoms with Crippen molar-refractivity contribution in [2.45, 2.75) is 51.9 Å². The molecule has 2 rings (SSSR count). The minimum absolute atomic E-state index is 0.625. The molecular formula is C12H20N2. The molecule has 0 amide bonds. The summed E-state index contributed by atoms with van der Waals surface area (Å²) < 4.78 is 0. The summed E-state index contributed by atoms with van der Waals surface area (Å²) in [5, 5.41) is 11.1. The van der Waals surface area contributed by atoms with Crippen LogP contribution in [0.3, 0.4) is 0 Å². The highest BCUT2D eigenvalue weighted by Gasteiger charge is 2.14. The van der Waals surface area contributed by atoms with Gasteiger partial charge < -0.3 is 5.32 Å². The van der Waals surface area contributed by atoms with Gasteiger partial charge in [-0.2, -0.15) is 5.26 Å². The van der Waals surface area contributed by atoms with E-state index in [9.17, 15) is 0 Å². The van der Waals surface area contributed by atoms with Crippen LogP contribution < -0.4 is 5.32 Å². The molecule has 0 aromatic carbocycles. The fourth-order valence-corrected chi connectivity index (χ4v) is 2.00. The number of nitrogens with one attached hydrogen (secondary N) is 1. The summed E-state index contributed by atoms with van der Waals surface area (Å²) in [5.41, 5.74) is 3.33. The summed E-state index contributed by atoms with van der Waals surface area (Å²) in [6.45, 7) is 3.04. The molecule has 0 aromatic heterocycles. The molecule has 2 nitrogen and oxygen atoms in total. The Morgan fingerprint density at radius 1 is 1.21 bits per heavy atom. The maximum absolute atomic E-state index is 7.62. The zero-order valence-electron chi connectivity index (χ0n) is 9.10. The van der Waals surface area contributed by atoms with Gasteiger partial charge in [-0.15, -0.1) is 0 Å². The molecule has 0 radical (unpaired) electrons. The lowest BCUT2D eigenvalue weighted by molar-refractivity contribution is 0.545. The second-order valence-electron chi connectivity index (χ2n) is 3.83. The molecule has 0 aromatic rings. The first-order valence-electron chi connectivity index (χ1n) is 5.70. The molecule has 0 saturated heterocycles. The van der Waals surface area contributed by atoms with Crippen molar-refractivity contribution in [3.8, 4) is 6.07 Å². The highest BCUT2D eigenvalue weighted by molar-refractivity contribution is 5.17. The number of nitrogens with zero attached hydrogens (tertiary/aromatic N) is 1. The van der Waals surface area contributed by atoms with Crippen molar-refractivity contribution >= 4 is 0 Å². The Balaban J connectivity index is 0.000000213. The van der Waals surface area contributed by atoms with Crippen LogP contribution in [0.5, 0.6) is 0 Å². The van der Waals surface area contributed by atoms with Crippen LogP contribution in [0.4, 0.5) is 0 Å². The van der Waals surface area contributed by atoms with Gasteiger partial charge in [0.2, 0.25) is 0 Å². The Labute approximate surface area is 87.0 Å². The Morgan fingerprint density at radius 2 is 1.86 bits per heavy atom. The number of hydrogen-bond acceptors (Lipinski definition) is 2. The number of rotatable bonds is 0. The van der Waals surface area contributed by atoms with E-state index in [1.54, 1.807) is 11.3 Å². The molecule has 78 valence electrons. The molecule has 1 N–H and O–H groups in total. The number of nitriles is 1. The molecule has 1 aliphatic carbocycles. The molecule has 0 spiro atoms. The Morgan fingerprint density at radius 3 is 2.50 bits per heavy atom. The van der Waals surface area contributed by atoms with Crippen LogP contribution in [0, 0.1) is 11.3 Å². The van der Waals surface area contributed by atoms with Gasteiger partial charge >= 0.3 is 0 Å². The fourth-order valence-electron chi connectivity index (χ4n) is 2.00. The van der Waals surface area contributed by atoms with E-state index < -0.39 is 0 Å². The standard InChI is InChI=1S/C9H15N.C3H5N/c1-2-6-9-8(4-1)5-3-7-10-9;1-2-3-4/h10H,1-7H2;2H2,1H3. The molecule has 14 heavy (non-hydrogen) atoms. The monoisotopic (exact) mass is 192 g/mol. The van der Waals surface area contributed by atoms with Crippen molar-refractivity contribution in [3.63, 3.8) is 0 Å². The molecule has 0 fully saturated rings. The van der Waals surface area contributed by atoms with Crippen LogP contribution >= 0.6 is 0 Å². The topological polar surface area (TPSA) is 35.8 Å². The van der Waals surface area contributed by atoms with Gasteiger partial charge in [-0.3, -0.25) is 0 Å². The molecule has 0 unspecified atom stereocenters. The van der Waals surface area contributed by atoms with Gasteiger partial charge in [0.25, 0.3) is 0 Å². The van der Waals surface area contributed by atoms with Gasteiger partial charge in [-0.05, 0) is 38.5 Å². The lowest BCUT2D eigenvalue weighted by atomic mass is 9.91. The Bertz CT molecular complexity index is 201. The van der Waals surface area contributed by atoms with Gasteiger partial charge in [0.15, 0.2) is 0 Å². The highest BCUT2D eigenvalue weighted by Crippen LogP contribution is 2.28. The number of allylic oxidation sites excluding steroid dienone is 2. The lowest BCUT2D eigenvalue weighted by Gasteiger charge is -2.25. The van der Waals surface area contributed by atoms with Crippen molar-refractivity contribution in [3.05, 3.63) is 11.3 Å². The summed E-state index contributed by atoms with van der Waals surface area (Å²) in [6, 6.07) is 1.93. The summed E-state index contributed by atoms with van der Waals surface area (Å²) in [7, 11) is 0. The zero-order valence-corrected chi connectivity index (χ0v) is 9.10. The second kappa shape index (κ2) is 6.48. The van der Waals surface area contributed by atoms with E-state index in [4.69, 9.17) is 5.26 Å². The first-order valence-corrected chi connectivity index (χ1v) is 5.70. The van der Waals surface area contributed by atoms with Gasteiger partial charge in [0, 0.05) is 18.7 Å². The van der Waals surface area contributed by atoms with E-state index >= 15 is 0 Å². The molecular weight excluding hydrogens is 172 g/mol. The van der Waals surface area contributed by atoms with Crippen LogP contribution in [0.2, 0.25) is 0 Å². The van der Waals surface area contributed by atoms with Gasteiger partial charge in [0.1, 0.15) is 0 Å². The van der Waals surface area contributed by atoms with E-state index in [-0.39, 0.29) is 0 Å². The quantitative estimate of drug-likeness (QED) is 0.640. The van der Waals surface area contributed by atoms with E-state index in [0.717, 1.165) is 0 Å². The van der Waals surface area contributed by atoms with Gasteiger partial charge in [-0.1, -0.05) is 12.5 Å². The third kappa shape index (κ3) is 3.41. The second-order valence-corrected chi connectivity index (χ2v) is 3.83. The van der Waals surface area contributed by atoms with Crippen LogP contribution in [0.25, 0.3) is 0 Å². The predicted octanol–water partition coefficient (Wildman–Crippen LogP) is 3.12. The highest BCUT2D eigenvalue weighted by atomic mass is 14.9. The number of hydrogen-bond donors (Lipinski definition) is 1. The Kier molecular flexibility index (Phi) is 5.14. The molecule has 0 saturated carbocycles. The van der Waals surface area contributed by atoms with Crippen LogP contribution in [0.1, 0.15) is 51.9 Å². The smallest absolute Gasteiger partial charge is 0.0618 e. The molecule has 0 atom stereocenters. The van der Waals surface area contributed by atoms with Gasteiger partial charge in [0.05, 0.1) is 6.07 Å². The fraction of sp³-hybridized carbons (Fsp3) is 0.750. The third-order valence-corrected chi connectivity index (χ3v) is 2.73. The first kappa shape index (κ1) is 11.1. The average Bonchev–Trinajstić information content (AvgIpc) is 2.30. The van der Waals surface area contributed by atoms with E-state index in [0.29, 0.717) is 6.42 Å². The molecule has 0 bridgehead atoms. The molecule has 2 aliphatic rings. The molecule has 1 aliphatic heterocycles. The van der Waals surface area contributed by atoms with E-state index in [1.165, 1.54) is 45.1 Å². The maximum Gasteiger partial charge on any atom is 0.0618 e. The summed E-state index contributed by atoms with van der Waals surface area (Å²) >= 11 is 0. The van der Waals surface area contributed by atoms with E-state index in [1.807, 2.05) is 13.0 Å². The Hall–Kier alpha value is -0.970. The maximum atomic E-state index is 7.62. The SMILES string of the molecule is C1CCC2=C(C1)CCCN2.CCC#N. The molecule has 2 heteroatoms. The van der Waals surface area contributed by atoms with Gasteiger partial charge in [-0.25, -0.2) is 0 Å². The summed E-state index contributed by atoms with van der Waals surface area (Å²) in [5.74, 6) is 0. The van der Waals surface area contributed by atoms with Crippen molar-refractivity contribution in [1.82, 2.24) is 5.32 Å². The van der Waals surface area contributed by atoms with Crippen molar-refractivity contribution in [1.29, 1.82) is 5.26 Å². The summed E-state index contributed by atoms with van der Waals surface area (Å²) in [4.78, 5) is 0. The lowest BCUT2D eigenvalue weighted by Crippen LogP contribution is -2.23. The summed E-state index contributed by atoms with van der Waals surface area (Å²) in [6.07, 6.45) is 8.91. The zero-order chi connectivity index (χ0) is 10.2. The van der Waals surface area contributed by atoms with Crippen molar-refractivity contribution < 1.29 is 0 Å². The van der Waals surface area contributed by atoms with Crippen LogP contribution in [-0.4, -0.2) is 6.54 Å². The normalized spacial score (nSPS) is 19.7.